The van der Waals surface area contributed by atoms with Crippen molar-refractivity contribution in [3.8, 4) is 0 Å². The van der Waals surface area contributed by atoms with E-state index >= 15 is 0 Å². The third-order valence-electron chi connectivity index (χ3n) is 2.67. The topological polar surface area (TPSA) is 87.6 Å². The molecule has 1 aliphatic heterocycles. The molecule has 92 valence electrons. The maximum atomic E-state index is 8.75. The lowest BCUT2D eigenvalue weighted by Gasteiger charge is -2.34. The third-order valence-corrected chi connectivity index (χ3v) is 3.86. The molecule has 1 aliphatic rings. The Bertz CT molecular complexity index is 425. The first-order valence-corrected chi connectivity index (χ1v) is 6.52. The molecule has 3 N–H and O–H groups in total. The van der Waals surface area contributed by atoms with Crippen LogP contribution in [0, 0.1) is 0 Å². The predicted molar refractivity (Wildman–Crippen MR) is 68.7 cm³/mol. The molecule has 1 fully saturated rings. The van der Waals surface area contributed by atoms with Crippen molar-refractivity contribution in [3.63, 3.8) is 0 Å². The summed E-state index contributed by atoms with van der Waals surface area (Å²) in [6.45, 7) is 3.03. The molecule has 1 atom stereocenters. The summed E-state index contributed by atoms with van der Waals surface area (Å²) in [4.78, 5) is 10.6. The fourth-order valence-corrected chi connectivity index (χ4v) is 2.82. The lowest BCUT2D eigenvalue weighted by Crippen LogP contribution is -2.42. The van der Waals surface area contributed by atoms with Gasteiger partial charge in [-0.2, -0.15) is 11.8 Å². The van der Waals surface area contributed by atoms with Gasteiger partial charge in [0.2, 0.25) is 0 Å². The summed E-state index contributed by atoms with van der Waals surface area (Å²) in [6.07, 6.45) is 3.16. The van der Waals surface area contributed by atoms with Crippen molar-refractivity contribution >= 4 is 23.4 Å². The molecule has 0 aliphatic carbocycles. The van der Waals surface area contributed by atoms with Crippen LogP contribution in [0.4, 0.5) is 5.82 Å². The first kappa shape index (κ1) is 12.0. The van der Waals surface area contributed by atoms with Gasteiger partial charge in [0.1, 0.15) is 0 Å². The lowest BCUT2D eigenvalue weighted by atomic mass is 10.2. The fourth-order valence-electron chi connectivity index (χ4n) is 1.81. The highest BCUT2D eigenvalue weighted by molar-refractivity contribution is 7.99. The number of anilines is 1. The van der Waals surface area contributed by atoms with Gasteiger partial charge in [0, 0.05) is 36.5 Å². The number of nitrogens with zero attached hydrogens (tertiary/aromatic N) is 4. The van der Waals surface area contributed by atoms with E-state index in [4.69, 9.17) is 10.9 Å². The average molecular weight is 253 g/mol. The molecule has 0 radical (unpaired) electrons. The average Bonchev–Trinajstić information content (AvgIpc) is 2.38. The molecule has 0 spiro atoms. The largest absolute Gasteiger partial charge is 0.409 e. The molecule has 1 unspecified atom stereocenters. The highest BCUT2D eigenvalue weighted by Gasteiger charge is 2.24. The van der Waals surface area contributed by atoms with Crippen molar-refractivity contribution in [2.75, 3.05) is 23.0 Å². The molecule has 0 amide bonds. The van der Waals surface area contributed by atoms with Crippen LogP contribution in [0.2, 0.25) is 0 Å². The fraction of sp³-hybridized carbons (Fsp3) is 0.500. The number of aromatic nitrogens is 2. The summed E-state index contributed by atoms with van der Waals surface area (Å²) >= 11 is 1.92. The Kier molecular flexibility index (Phi) is 3.68. The minimum Gasteiger partial charge on any atom is -0.409 e. The number of hydrogen-bond donors (Lipinski definition) is 2. The van der Waals surface area contributed by atoms with Crippen LogP contribution in [0.15, 0.2) is 17.5 Å². The molecule has 1 aromatic rings. The Balaban J connectivity index is 2.37. The molecule has 0 bridgehead atoms. The summed E-state index contributed by atoms with van der Waals surface area (Å²) in [6, 6.07) is 0.371. The number of rotatable bonds is 2. The van der Waals surface area contributed by atoms with E-state index in [2.05, 4.69) is 26.9 Å². The van der Waals surface area contributed by atoms with Gasteiger partial charge in [-0.15, -0.1) is 0 Å². The molecular formula is C10H15N5OS. The van der Waals surface area contributed by atoms with Crippen LogP contribution in [-0.2, 0) is 0 Å². The Morgan fingerprint density at radius 1 is 1.59 bits per heavy atom. The van der Waals surface area contributed by atoms with E-state index in [1.807, 2.05) is 11.8 Å². The van der Waals surface area contributed by atoms with Gasteiger partial charge in [-0.05, 0) is 6.92 Å². The normalized spacial score (nSPS) is 21.6. The van der Waals surface area contributed by atoms with E-state index in [1.54, 1.807) is 12.4 Å². The zero-order valence-corrected chi connectivity index (χ0v) is 10.4. The Labute approximate surface area is 104 Å². The van der Waals surface area contributed by atoms with Crippen LogP contribution in [0.1, 0.15) is 12.6 Å². The first-order chi connectivity index (χ1) is 8.24. The molecule has 0 saturated carbocycles. The molecule has 0 aromatic carbocycles. The van der Waals surface area contributed by atoms with Gasteiger partial charge >= 0.3 is 0 Å². The minimum atomic E-state index is -0.00136. The Hall–Kier alpha value is -1.50. The van der Waals surface area contributed by atoms with Crippen LogP contribution in [0.5, 0.6) is 0 Å². The molecular weight excluding hydrogens is 238 g/mol. The number of hydrogen-bond acceptors (Lipinski definition) is 6. The molecule has 1 saturated heterocycles. The molecule has 6 nitrogen and oxygen atoms in total. The molecule has 17 heavy (non-hydrogen) atoms. The summed E-state index contributed by atoms with van der Waals surface area (Å²) in [5, 5.41) is 11.7. The summed E-state index contributed by atoms with van der Waals surface area (Å²) in [5.74, 6) is 2.79. The van der Waals surface area contributed by atoms with Gasteiger partial charge in [-0.1, -0.05) is 5.16 Å². The van der Waals surface area contributed by atoms with Gasteiger partial charge in [0.15, 0.2) is 17.3 Å². The van der Waals surface area contributed by atoms with Crippen LogP contribution in [0.3, 0.4) is 0 Å². The summed E-state index contributed by atoms with van der Waals surface area (Å²) < 4.78 is 0. The quantitative estimate of drug-likeness (QED) is 0.346. The van der Waals surface area contributed by atoms with Crippen molar-refractivity contribution in [1.82, 2.24) is 9.97 Å². The van der Waals surface area contributed by atoms with E-state index in [9.17, 15) is 0 Å². The number of thioether (sulfide) groups is 1. The van der Waals surface area contributed by atoms with Crippen molar-refractivity contribution in [3.05, 3.63) is 18.1 Å². The molecule has 1 aromatic heterocycles. The first-order valence-electron chi connectivity index (χ1n) is 5.37. The molecule has 2 rings (SSSR count). The van der Waals surface area contributed by atoms with Crippen molar-refractivity contribution in [1.29, 1.82) is 0 Å². The van der Waals surface area contributed by atoms with Gasteiger partial charge in [0.25, 0.3) is 0 Å². The van der Waals surface area contributed by atoms with Crippen LogP contribution >= 0.6 is 11.8 Å². The van der Waals surface area contributed by atoms with E-state index in [0.717, 1.165) is 18.1 Å². The minimum absolute atomic E-state index is 0.00136. The zero-order chi connectivity index (χ0) is 12.3. The second-order valence-electron chi connectivity index (χ2n) is 3.83. The Morgan fingerprint density at radius 2 is 2.35 bits per heavy atom. The van der Waals surface area contributed by atoms with Gasteiger partial charge < -0.3 is 15.8 Å². The van der Waals surface area contributed by atoms with E-state index < -0.39 is 0 Å². The smallest absolute Gasteiger partial charge is 0.192 e. The standard InChI is InChI=1S/C10H15N5OS/c1-7-6-17-5-4-15(7)10-8(9(11)14-16)12-2-3-13-10/h2-3,7,16H,4-6H2,1H3,(H2,11,14). The number of nitrogens with two attached hydrogens (primary N) is 1. The van der Waals surface area contributed by atoms with Gasteiger partial charge in [-0.25, -0.2) is 9.97 Å². The summed E-state index contributed by atoms with van der Waals surface area (Å²) in [7, 11) is 0. The zero-order valence-electron chi connectivity index (χ0n) is 9.58. The number of amidine groups is 1. The van der Waals surface area contributed by atoms with Crippen LogP contribution in [-0.4, -0.2) is 45.1 Å². The second kappa shape index (κ2) is 5.22. The lowest BCUT2D eigenvalue weighted by molar-refractivity contribution is 0.318. The van der Waals surface area contributed by atoms with Gasteiger partial charge in [-0.3, -0.25) is 0 Å². The van der Waals surface area contributed by atoms with Crippen LogP contribution < -0.4 is 10.6 Å². The monoisotopic (exact) mass is 253 g/mol. The van der Waals surface area contributed by atoms with Crippen molar-refractivity contribution in [2.24, 2.45) is 10.9 Å². The van der Waals surface area contributed by atoms with E-state index in [-0.39, 0.29) is 5.84 Å². The highest BCUT2D eigenvalue weighted by atomic mass is 32.2. The van der Waals surface area contributed by atoms with E-state index in [0.29, 0.717) is 17.6 Å². The SMILES string of the molecule is CC1CSCCN1c1nccnc1C(N)=NO. The van der Waals surface area contributed by atoms with Crippen molar-refractivity contribution in [2.45, 2.75) is 13.0 Å². The third kappa shape index (κ3) is 2.44. The summed E-state index contributed by atoms with van der Waals surface area (Å²) in [5.41, 5.74) is 6.05. The van der Waals surface area contributed by atoms with E-state index in [1.165, 1.54) is 0 Å². The second-order valence-corrected chi connectivity index (χ2v) is 4.98. The Morgan fingerprint density at radius 3 is 3.06 bits per heavy atom. The molecule has 2 heterocycles. The maximum absolute atomic E-state index is 8.75. The van der Waals surface area contributed by atoms with Gasteiger partial charge in [0.05, 0.1) is 0 Å². The van der Waals surface area contributed by atoms with Crippen molar-refractivity contribution < 1.29 is 5.21 Å². The maximum Gasteiger partial charge on any atom is 0.192 e. The van der Waals surface area contributed by atoms with Crippen LogP contribution in [0.25, 0.3) is 0 Å². The number of oxime groups is 1. The molecule has 7 heteroatoms. The predicted octanol–water partition coefficient (Wildman–Crippen LogP) is 0.513. The highest BCUT2D eigenvalue weighted by Crippen LogP contribution is 2.23.